The molecule has 2 N–H and O–H groups in total. The summed E-state index contributed by atoms with van der Waals surface area (Å²) in [6.07, 6.45) is 2.18. The first-order valence-corrected chi connectivity index (χ1v) is 12.0. The molecule has 0 spiro atoms. The second-order valence-corrected chi connectivity index (χ2v) is 8.52. The van der Waals surface area contributed by atoms with Crippen LogP contribution in [0.3, 0.4) is 0 Å². The molecular weight excluding hydrogens is 489 g/mol. The molecular formula is C25H29F3N6O3. The standard InChI is InChI=1S/C25H29F3N6O3/c1-2-23(33-10-12-36-13-11-33)37-31-8-6-18-7-9-34-21(16-29-22(34)14-18)19-4-3-5-20(15-19)32-24(35)30-17-25(26,27)28/h3-5,7-9,14-16,23H,2,6,10-13,17H2,1H3,(H2,30,32,35). The van der Waals surface area contributed by atoms with Gasteiger partial charge in [0.05, 0.1) is 25.1 Å². The first-order valence-electron chi connectivity index (χ1n) is 12.0. The number of carbonyl (C=O) groups excluding carboxylic acids is 1. The zero-order valence-electron chi connectivity index (χ0n) is 20.4. The fourth-order valence-corrected chi connectivity index (χ4v) is 4.00. The predicted octanol–water partition coefficient (Wildman–Crippen LogP) is 4.30. The molecule has 9 nitrogen and oxygen atoms in total. The van der Waals surface area contributed by atoms with Crippen LogP contribution in [0.4, 0.5) is 23.7 Å². The van der Waals surface area contributed by atoms with Crippen LogP contribution in [0.5, 0.6) is 0 Å². The van der Waals surface area contributed by atoms with Gasteiger partial charge in [0.25, 0.3) is 0 Å². The van der Waals surface area contributed by atoms with Crippen LogP contribution < -0.4 is 10.6 Å². The fraction of sp³-hybridized carbons (Fsp3) is 0.400. The van der Waals surface area contributed by atoms with Gasteiger partial charge in [0.2, 0.25) is 0 Å². The van der Waals surface area contributed by atoms with Crippen molar-refractivity contribution in [2.45, 2.75) is 32.2 Å². The zero-order chi connectivity index (χ0) is 26.3. The maximum atomic E-state index is 12.3. The van der Waals surface area contributed by atoms with Gasteiger partial charge in [0.15, 0.2) is 6.23 Å². The number of nitrogens with zero attached hydrogens (tertiary/aromatic N) is 4. The maximum absolute atomic E-state index is 12.3. The number of ether oxygens (including phenoxy) is 1. The van der Waals surface area contributed by atoms with Gasteiger partial charge >= 0.3 is 12.2 Å². The number of halogens is 3. The van der Waals surface area contributed by atoms with E-state index >= 15 is 0 Å². The van der Waals surface area contributed by atoms with Crippen molar-refractivity contribution in [3.8, 4) is 11.3 Å². The van der Waals surface area contributed by atoms with E-state index in [-0.39, 0.29) is 6.23 Å². The summed E-state index contributed by atoms with van der Waals surface area (Å²) in [6, 6.07) is 9.78. The van der Waals surface area contributed by atoms with Crippen LogP contribution in [0.2, 0.25) is 0 Å². The number of morpholine rings is 1. The van der Waals surface area contributed by atoms with Crippen molar-refractivity contribution in [2.24, 2.45) is 5.16 Å². The van der Waals surface area contributed by atoms with Gasteiger partial charge in [-0.2, -0.15) is 13.2 Å². The highest BCUT2D eigenvalue weighted by Crippen LogP contribution is 2.24. The molecule has 1 saturated heterocycles. The third-order valence-corrected chi connectivity index (χ3v) is 5.83. The number of carbonyl (C=O) groups is 1. The smallest absolute Gasteiger partial charge is 0.379 e. The molecule has 0 aliphatic carbocycles. The largest absolute Gasteiger partial charge is 0.405 e. The molecule has 0 bridgehead atoms. The van der Waals surface area contributed by atoms with E-state index in [4.69, 9.17) is 9.57 Å². The number of alkyl halides is 3. The van der Waals surface area contributed by atoms with E-state index in [0.29, 0.717) is 25.3 Å². The molecule has 2 amide bonds. The Balaban J connectivity index is 1.38. The third kappa shape index (κ3) is 7.43. The topological polar surface area (TPSA) is 92.5 Å². The minimum atomic E-state index is -4.48. The molecule has 2 aromatic heterocycles. The Morgan fingerprint density at radius 1 is 1.27 bits per heavy atom. The van der Waals surface area contributed by atoms with Crippen LogP contribution in [0.25, 0.3) is 16.9 Å². The highest BCUT2D eigenvalue weighted by atomic mass is 19.4. The number of rotatable bonds is 9. The molecule has 3 heterocycles. The first-order chi connectivity index (χ1) is 17.8. The molecule has 12 heteroatoms. The molecule has 1 atom stereocenters. The second kappa shape index (κ2) is 12.1. The summed E-state index contributed by atoms with van der Waals surface area (Å²) in [5.74, 6) is 0. The minimum absolute atomic E-state index is 0.0709. The van der Waals surface area contributed by atoms with Crippen molar-refractivity contribution in [1.29, 1.82) is 0 Å². The van der Waals surface area contributed by atoms with Gasteiger partial charge in [-0.25, -0.2) is 9.78 Å². The molecule has 37 heavy (non-hydrogen) atoms. The van der Waals surface area contributed by atoms with Crippen molar-refractivity contribution >= 4 is 23.6 Å². The van der Waals surface area contributed by atoms with Crippen LogP contribution in [0.15, 0.2) is 53.9 Å². The quantitative estimate of drug-likeness (QED) is 0.326. The average molecular weight is 519 g/mol. The van der Waals surface area contributed by atoms with Gasteiger partial charge in [0.1, 0.15) is 12.2 Å². The predicted molar refractivity (Wildman–Crippen MR) is 133 cm³/mol. The Hall–Kier alpha value is -3.64. The van der Waals surface area contributed by atoms with Gasteiger partial charge < -0.3 is 20.2 Å². The number of oxime groups is 1. The molecule has 1 fully saturated rings. The number of benzene rings is 1. The molecule has 198 valence electrons. The summed E-state index contributed by atoms with van der Waals surface area (Å²) in [6.45, 7) is 3.72. The van der Waals surface area contributed by atoms with Gasteiger partial charge in [-0.3, -0.25) is 9.30 Å². The minimum Gasteiger partial charge on any atom is -0.379 e. The monoisotopic (exact) mass is 518 g/mol. The maximum Gasteiger partial charge on any atom is 0.405 e. The number of anilines is 1. The van der Waals surface area contributed by atoms with Crippen LogP contribution in [0, 0.1) is 0 Å². The summed E-state index contributed by atoms with van der Waals surface area (Å²) in [5, 5.41) is 8.38. The van der Waals surface area contributed by atoms with E-state index in [1.807, 2.05) is 28.8 Å². The van der Waals surface area contributed by atoms with E-state index in [9.17, 15) is 18.0 Å². The molecule has 1 unspecified atom stereocenters. The second-order valence-electron chi connectivity index (χ2n) is 8.52. The molecule has 4 rings (SSSR count). The van der Waals surface area contributed by atoms with E-state index in [0.717, 1.165) is 42.0 Å². The van der Waals surface area contributed by atoms with Crippen LogP contribution in [-0.2, 0) is 16.0 Å². The molecule has 0 radical (unpaired) electrons. The summed E-state index contributed by atoms with van der Waals surface area (Å²) in [5.41, 5.74) is 3.62. The molecule has 1 aromatic carbocycles. The number of amides is 2. The van der Waals surface area contributed by atoms with Gasteiger partial charge in [-0.05, 0) is 36.2 Å². The third-order valence-electron chi connectivity index (χ3n) is 5.83. The number of nitrogens with one attached hydrogen (secondary N) is 2. The zero-order valence-corrected chi connectivity index (χ0v) is 20.4. The van der Waals surface area contributed by atoms with Crippen molar-refractivity contribution in [3.63, 3.8) is 0 Å². The number of pyridine rings is 1. The van der Waals surface area contributed by atoms with Gasteiger partial charge in [-0.15, -0.1) is 0 Å². The summed E-state index contributed by atoms with van der Waals surface area (Å²) in [4.78, 5) is 24.2. The highest BCUT2D eigenvalue weighted by Gasteiger charge is 2.27. The fourth-order valence-electron chi connectivity index (χ4n) is 4.00. The summed E-state index contributed by atoms with van der Waals surface area (Å²) < 4.78 is 44.2. The molecule has 3 aromatic rings. The number of hydrogen-bond donors (Lipinski definition) is 2. The lowest BCUT2D eigenvalue weighted by molar-refractivity contribution is -0.122. The Bertz CT molecular complexity index is 1220. The lowest BCUT2D eigenvalue weighted by Gasteiger charge is -2.31. The lowest BCUT2D eigenvalue weighted by Crippen LogP contribution is -2.43. The van der Waals surface area contributed by atoms with Gasteiger partial charge in [0, 0.05) is 43.2 Å². The Labute approximate surface area is 212 Å². The molecule has 0 saturated carbocycles. The van der Waals surface area contributed by atoms with Crippen molar-refractivity contribution in [2.75, 3.05) is 38.2 Å². The Morgan fingerprint density at radius 3 is 2.84 bits per heavy atom. The number of hydrogen-bond acceptors (Lipinski definition) is 6. The van der Waals surface area contributed by atoms with E-state index in [1.54, 1.807) is 35.9 Å². The van der Waals surface area contributed by atoms with E-state index in [1.165, 1.54) is 0 Å². The van der Waals surface area contributed by atoms with Crippen LogP contribution >= 0.6 is 0 Å². The number of fused-ring (bicyclic) bond motifs is 1. The molecule has 1 aliphatic heterocycles. The molecule has 1 aliphatic rings. The van der Waals surface area contributed by atoms with Crippen molar-refractivity contribution in [3.05, 3.63) is 54.4 Å². The van der Waals surface area contributed by atoms with Crippen molar-refractivity contribution < 1.29 is 27.5 Å². The van der Waals surface area contributed by atoms with E-state index in [2.05, 4.69) is 27.3 Å². The Morgan fingerprint density at radius 2 is 2.08 bits per heavy atom. The highest BCUT2D eigenvalue weighted by molar-refractivity contribution is 5.90. The number of aromatic nitrogens is 2. The first kappa shape index (κ1) is 26.4. The SMILES string of the molecule is CCC(ON=CCc1ccn2c(-c3cccc(NC(=O)NCC(F)(F)F)c3)cnc2c1)N1CCOCC1. The average Bonchev–Trinajstić information content (AvgIpc) is 3.31. The van der Waals surface area contributed by atoms with Gasteiger partial charge in [-0.1, -0.05) is 24.2 Å². The summed E-state index contributed by atoms with van der Waals surface area (Å²) in [7, 11) is 0. The Kier molecular flexibility index (Phi) is 8.62. The van der Waals surface area contributed by atoms with Crippen molar-refractivity contribution in [1.82, 2.24) is 19.6 Å². The lowest BCUT2D eigenvalue weighted by atomic mass is 10.1. The number of urea groups is 1. The van der Waals surface area contributed by atoms with E-state index < -0.39 is 18.8 Å². The van der Waals surface area contributed by atoms with Crippen LogP contribution in [0.1, 0.15) is 18.9 Å². The normalized spacial score (nSPS) is 15.7. The number of imidazole rings is 1. The summed E-state index contributed by atoms with van der Waals surface area (Å²) >= 11 is 0. The van der Waals surface area contributed by atoms with Crippen LogP contribution in [-0.4, -0.2) is 71.8 Å².